The number of hydrogen-bond donors (Lipinski definition) is 2. The van der Waals surface area contributed by atoms with Crippen molar-refractivity contribution in [1.82, 2.24) is 10.2 Å². The van der Waals surface area contributed by atoms with Gasteiger partial charge >= 0.3 is 6.03 Å². The molecule has 0 bridgehead atoms. The van der Waals surface area contributed by atoms with E-state index in [4.69, 9.17) is 0 Å². The average molecular weight is 302 g/mol. The van der Waals surface area contributed by atoms with Crippen molar-refractivity contribution < 1.29 is 9.18 Å². The van der Waals surface area contributed by atoms with Gasteiger partial charge in [-0.15, -0.1) is 0 Å². The molecule has 6 heteroatoms. The van der Waals surface area contributed by atoms with Crippen molar-refractivity contribution in [1.29, 1.82) is 0 Å². The normalized spacial score (nSPS) is 14.9. The molecule has 17 heavy (non-hydrogen) atoms. The lowest BCUT2D eigenvalue weighted by Gasteiger charge is -2.15. The van der Waals surface area contributed by atoms with Crippen LogP contribution in [0.25, 0.3) is 0 Å². The van der Waals surface area contributed by atoms with E-state index in [9.17, 15) is 9.18 Å². The minimum atomic E-state index is -0.277. The van der Waals surface area contributed by atoms with Gasteiger partial charge in [-0.25, -0.2) is 9.18 Å². The molecule has 0 unspecified atom stereocenters. The number of nitrogens with one attached hydrogen (secondary N) is 2. The number of rotatable bonds is 4. The van der Waals surface area contributed by atoms with Crippen LogP contribution in [0.1, 0.15) is 0 Å². The molecular formula is C11H13BrFN3O. The van der Waals surface area contributed by atoms with Crippen molar-refractivity contribution in [2.45, 2.75) is 0 Å². The third-order valence-corrected chi connectivity index (χ3v) is 3.23. The van der Waals surface area contributed by atoms with E-state index in [1.165, 1.54) is 12.1 Å². The van der Waals surface area contributed by atoms with Gasteiger partial charge in [-0.05, 0) is 34.1 Å². The third kappa shape index (κ3) is 3.09. The van der Waals surface area contributed by atoms with Crippen LogP contribution in [0.15, 0.2) is 22.7 Å². The first kappa shape index (κ1) is 12.2. The molecule has 0 radical (unpaired) electrons. The predicted molar refractivity (Wildman–Crippen MR) is 67.6 cm³/mol. The van der Waals surface area contributed by atoms with Crippen molar-refractivity contribution in [3.63, 3.8) is 0 Å². The molecule has 0 atom stereocenters. The Morgan fingerprint density at radius 2 is 2.35 bits per heavy atom. The fourth-order valence-corrected chi connectivity index (χ4v) is 2.17. The van der Waals surface area contributed by atoms with Gasteiger partial charge in [0.2, 0.25) is 0 Å². The first-order chi connectivity index (χ1) is 8.16. The Morgan fingerprint density at radius 1 is 1.53 bits per heavy atom. The molecule has 1 heterocycles. The highest BCUT2D eigenvalue weighted by atomic mass is 79.9. The van der Waals surface area contributed by atoms with Gasteiger partial charge in [-0.1, -0.05) is 0 Å². The number of nitrogens with zero attached hydrogens (tertiary/aromatic N) is 1. The van der Waals surface area contributed by atoms with Crippen LogP contribution in [-0.2, 0) is 0 Å². The maximum absolute atomic E-state index is 12.8. The van der Waals surface area contributed by atoms with Gasteiger partial charge in [0.15, 0.2) is 0 Å². The molecular weight excluding hydrogens is 289 g/mol. The number of carbonyl (C=O) groups is 1. The van der Waals surface area contributed by atoms with Crippen molar-refractivity contribution in [2.24, 2.45) is 0 Å². The zero-order chi connectivity index (χ0) is 12.3. The summed E-state index contributed by atoms with van der Waals surface area (Å²) in [6.45, 7) is 2.72. The molecule has 4 nitrogen and oxygen atoms in total. The highest BCUT2D eigenvalue weighted by molar-refractivity contribution is 9.10. The van der Waals surface area contributed by atoms with Crippen molar-refractivity contribution >= 4 is 27.6 Å². The first-order valence-electron chi connectivity index (χ1n) is 5.38. The summed E-state index contributed by atoms with van der Waals surface area (Å²) in [4.78, 5) is 13.0. The van der Waals surface area contributed by atoms with Crippen molar-refractivity contribution in [2.75, 3.05) is 31.5 Å². The van der Waals surface area contributed by atoms with Crippen molar-refractivity contribution in [3.8, 4) is 0 Å². The van der Waals surface area contributed by atoms with Crippen LogP contribution in [0.2, 0.25) is 0 Å². The molecule has 1 aromatic carbocycles. The Kier molecular flexibility index (Phi) is 3.83. The highest BCUT2D eigenvalue weighted by Crippen LogP contribution is 2.22. The minimum absolute atomic E-state index is 0.0232. The molecule has 2 amide bonds. The van der Waals surface area contributed by atoms with E-state index in [1.807, 2.05) is 0 Å². The smallest absolute Gasteiger partial charge is 0.317 e. The topological polar surface area (TPSA) is 44.4 Å². The molecule has 1 aliphatic heterocycles. The summed E-state index contributed by atoms with van der Waals surface area (Å²) in [5, 5.41) is 5.89. The van der Waals surface area contributed by atoms with Gasteiger partial charge in [-0.3, -0.25) is 0 Å². The predicted octanol–water partition coefficient (Wildman–Crippen LogP) is 2.03. The fraction of sp³-hybridized carbons (Fsp3) is 0.364. The number of hydrogen-bond acceptors (Lipinski definition) is 2. The van der Waals surface area contributed by atoms with E-state index < -0.39 is 0 Å². The summed E-state index contributed by atoms with van der Waals surface area (Å²) in [6.07, 6.45) is 0. The van der Waals surface area contributed by atoms with Crippen LogP contribution in [0.3, 0.4) is 0 Å². The zero-order valence-electron chi connectivity index (χ0n) is 9.17. The lowest BCUT2D eigenvalue weighted by atomic mass is 10.3. The van der Waals surface area contributed by atoms with E-state index in [2.05, 4.69) is 26.6 Å². The van der Waals surface area contributed by atoms with Gasteiger partial charge in [-0.2, -0.15) is 0 Å². The van der Waals surface area contributed by atoms with Crippen LogP contribution >= 0.6 is 15.9 Å². The Bertz CT molecular complexity index is 427. The lowest BCUT2D eigenvalue weighted by molar-refractivity contribution is 0.219. The second kappa shape index (κ2) is 5.35. The monoisotopic (exact) mass is 301 g/mol. The summed E-state index contributed by atoms with van der Waals surface area (Å²) in [6, 6.07) is 4.45. The summed E-state index contributed by atoms with van der Waals surface area (Å²) >= 11 is 3.28. The molecule has 2 N–H and O–H groups in total. The summed E-state index contributed by atoms with van der Waals surface area (Å²) in [5.74, 6) is -0.277. The lowest BCUT2D eigenvalue weighted by Crippen LogP contribution is -2.32. The Hall–Kier alpha value is -1.30. The molecule has 0 spiro atoms. The fourth-order valence-electron chi connectivity index (χ4n) is 1.68. The van der Waals surface area contributed by atoms with E-state index in [0.717, 1.165) is 12.2 Å². The third-order valence-electron chi connectivity index (χ3n) is 2.57. The molecule has 0 aliphatic carbocycles. The SMILES string of the molecule is O=C1NCCN1CCNc1ccc(F)cc1Br. The molecule has 1 aromatic rings. The maximum Gasteiger partial charge on any atom is 0.317 e. The largest absolute Gasteiger partial charge is 0.382 e. The second-order valence-corrected chi connectivity index (χ2v) is 4.62. The van der Waals surface area contributed by atoms with Crippen LogP contribution in [0.4, 0.5) is 14.9 Å². The van der Waals surface area contributed by atoms with E-state index >= 15 is 0 Å². The number of carbonyl (C=O) groups excluding carboxylic acids is 1. The van der Waals surface area contributed by atoms with Gasteiger partial charge in [0.05, 0.1) is 0 Å². The second-order valence-electron chi connectivity index (χ2n) is 3.77. The number of urea groups is 1. The van der Waals surface area contributed by atoms with Crippen LogP contribution in [-0.4, -0.2) is 37.1 Å². The summed E-state index contributed by atoms with van der Waals surface area (Å²) in [5.41, 5.74) is 0.825. The van der Waals surface area contributed by atoms with Gasteiger partial charge in [0, 0.05) is 36.3 Å². The molecule has 1 fully saturated rings. The van der Waals surface area contributed by atoms with Crippen molar-refractivity contribution in [3.05, 3.63) is 28.5 Å². The van der Waals surface area contributed by atoms with E-state index in [0.29, 0.717) is 24.1 Å². The van der Waals surface area contributed by atoms with E-state index in [1.54, 1.807) is 11.0 Å². The molecule has 92 valence electrons. The Labute approximate surface area is 107 Å². The minimum Gasteiger partial charge on any atom is -0.382 e. The van der Waals surface area contributed by atoms with Gasteiger partial charge < -0.3 is 15.5 Å². The molecule has 0 aromatic heterocycles. The number of halogens is 2. The number of benzene rings is 1. The molecule has 1 aliphatic rings. The standard InChI is InChI=1S/C11H13BrFN3O/c12-9-7-8(13)1-2-10(9)14-3-5-16-6-4-15-11(16)17/h1-2,7,14H,3-6H2,(H,15,17). The zero-order valence-corrected chi connectivity index (χ0v) is 10.8. The van der Waals surface area contributed by atoms with E-state index in [-0.39, 0.29) is 11.8 Å². The molecule has 1 saturated heterocycles. The summed E-state index contributed by atoms with van der Waals surface area (Å²) in [7, 11) is 0. The highest BCUT2D eigenvalue weighted by Gasteiger charge is 2.18. The number of amides is 2. The molecule has 2 rings (SSSR count). The Balaban J connectivity index is 1.83. The Morgan fingerprint density at radius 3 is 3.00 bits per heavy atom. The van der Waals surface area contributed by atoms with Gasteiger partial charge in [0.1, 0.15) is 5.82 Å². The number of anilines is 1. The molecule has 0 saturated carbocycles. The first-order valence-corrected chi connectivity index (χ1v) is 6.18. The van der Waals surface area contributed by atoms with Gasteiger partial charge in [0.25, 0.3) is 0 Å². The van der Waals surface area contributed by atoms with Crippen LogP contribution in [0, 0.1) is 5.82 Å². The van der Waals surface area contributed by atoms with Crippen LogP contribution in [0.5, 0.6) is 0 Å². The summed E-state index contributed by atoms with van der Waals surface area (Å²) < 4.78 is 13.5. The maximum atomic E-state index is 12.8. The van der Waals surface area contributed by atoms with Crippen LogP contribution < -0.4 is 10.6 Å². The quantitative estimate of drug-likeness (QED) is 0.894. The average Bonchev–Trinajstić information content (AvgIpc) is 2.68.